The number of nitrogens with one attached hydrogen (secondary N) is 1. The number of aromatic nitrogens is 2. The molecule has 0 fully saturated rings. The highest BCUT2D eigenvalue weighted by atomic mass is 79.9. The highest BCUT2D eigenvalue weighted by Gasteiger charge is 2.03. The van der Waals surface area contributed by atoms with Gasteiger partial charge < -0.3 is 4.98 Å². The van der Waals surface area contributed by atoms with Crippen LogP contribution in [-0.2, 0) is 0 Å². The van der Waals surface area contributed by atoms with Crippen molar-refractivity contribution in [3.63, 3.8) is 0 Å². The number of H-pyrrole nitrogens is 1. The second-order valence-corrected chi connectivity index (χ2v) is 3.79. The molecule has 2 aromatic rings. The zero-order valence-corrected chi connectivity index (χ0v) is 8.84. The Labute approximate surface area is 88.6 Å². The van der Waals surface area contributed by atoms with E-state index >= 15 is 0 Å². The maximum Gasteiger partial charge on any atom is 0.259 e. The van der Waals surface area contributed by atoms with E-state index in [0.717, 1.165) is 0 Å². The molecule has 1 aromatic carbocycles. The fourth-order valence-electron chi connectivity index (χ4n) is 1.21. The number of hydrogen-bond donors (Lipinski definition) is 1. The zero-order chi connectivity index (χ0) is 10.1. The van der Waals surface area contributed by atoms with Crippen molar-refractivity contribution in [3.8, 4) is 0 Å². The Morgan fingerprint density at radius 1 is 1.43 bits per heavy atom. The lowest BCUT2D eigenvalue weighted by Crippen LogP contribution is -2.10. The van der Waals surface area contributed by atoms with Gasteiger partial charge >= 0.3 is 0 Å². The van der Waals surface area contributed by atoms with E-state index in [-0.39, 0.29) is 5.56 Å². The van der Waals surface area contributed by atoms with Gasteiger partial charge in [0.1, 0.15) is 5.82 Å². The van der Waals surface area contributed by atoms with E-state index in [1.54, 1.807) is 12.1 Å². The summed E-state index contributed by atoms with van der Waals surface area (Å²) in [6, 6.07) is 7.18. The molecule has 0 radical (unpaired) electrons. The van der Waals surface area contributed by atoms with Crippen LogP contribution in [0.3, 0.4) is 0 Å². The van der Waals surface area contributed by atoms with Crippen molar-refractivity contribution in [1.82, 2.24) is 9.97 Å². The van der Waals surface area contributed by atoms with Gasteiger partial charge in [-0.15, -0.1) is 0 Å². The highest BCUT2D eigenvalue weighted by molar-refractivity contribution is 9.15. The van der Waals surface area contributed by atoms with Crippen molar-refractivity contribution < 1.29 is 0 Å². The van der Waals surface area contributed by atoms with Gasteiger partial charge in [0.25, 0.3) is 5.56 Å². The molecule has 0 aliphatic carbocycles. The molecule has 2 rings (SSSR count). The second kappa shape index (κ2) is 3.38. The lowest BCUT2D eigenvalue weighted by atomic mass is 10.2. The van der Waals surface area contributed by atoms with Gasteiger partial charge in [0.05, 0.1) is 15.4 Å². The highest BCUT2D eigenvalue weighted by Crippen LogP contribution is 2.14. The van der Waals surface area contributed by atoms with Crippen molar-refractivity contribution >= 4 is 31.3 Å². The SMILES string of the molecule is C=C(Br)c1nc2ccccc2c(=O)[nH]1. The Hall–Kier alpha value is -1.42. The van der Waals surface area contributed by atoms with E-state index in [1.807, 2.05) is 12.1 Å². The van der Waals surface area contributed by atoms with Crippen LogP contribution < -0.4 is 5.56 Å². The maximum absolute atomic E-state index is 11.5. The first-order chi connectivity index (χ1) is 6.68. The topological polar surface area (TPSA) is 45.8 Å². The summed E-state index contributed by atoms with van der Waals surface area (Å²) in [6.07, 6.45) is 0. The molecular weight excluding hydrogens is 244 g/mol. The Kier molecular flexibility index (Phi) is 2.21. The first-order valence-electron chi connectivity index (χ1n) is 4.02. The molecular formula is C10H7BrN2O. The van der Waals surface area contributed by atoms with Crippen LogP contribution in [0, 0.1) is 0 Å². The molecule has 0 saturated carbocycles. The molecule has 0 amide bonds. The summed E-state index contributed by atoms with van der Waals surface area (Å²) in [4.78, 5) is 18.4. The van der Waals surface area contributed by atoms with Gasteiger partial charge in [-0.25, -0.2) is 4.98 Å². The standard InChI is InChI=1S/C10H7BrN2O/c1-6(11)9-12-8-5-3-2-4-7(8)10(14)13-9/h2-5H,1H2,(H,12,13,14). The molecule has 0 unspecified atom stereocenters. The molecule has 1 heterocycles. The minimum absolute atomic E-state index is 0.147. The van der Waals surface area contributed by atoms with Crippen molar-refractivity contribution in [1.29, 1.82) is 0 Å². The quantitative estimate of drug-likeness (QED) is 0.845. The van der Waals surface area contributed by atoms with Crippen LogP contribution in [-0.4, -0.2) is 9.97 Å². The number of nitrogens with zero attached hydrogens (tertiary/aromatic N) is 1. The third kappa shape index (κ3) is 1.48. The minimum atomic E-state index is -0.147. The average molecular weight is 251 g/mol. The molecule has 0 saturated heterocycles. The summed E-state index contributed by atoms with van der Waals surface area (Å²) in [6.45, 7) is 3.66. The van der Waals surface area contributed by atoms with Gasteiger partial charge in [0.2, 0.25) is 0 Å². The molecule has 70 valence electrons. The molecule has 0 spiro atoms. The predicted octanol–water partition coefficient (Wildman–Crippen LogP) is 2.29. The van der Waals surface area contributed by atoms with Crippen LogP contribution in [0.1, 0.15) is 5.82 Å². The zero-order valence-electron chi connectivity index (χ0n) is 7.25. The lowest BCUT2D eigenvalue weighted by molar-refractivity contribution is 1.14. The smallest absolute Gasteiger partial charge is 0.259 e. The van der Waals surface area contributed by atoms with Gasteiger partial charge in [-0.3, -0.25) is 4.79 Å². The van der Waals surface area contributed by atoms with Crippen molar-refractivity contribution in [3.05, 3.63) is 47.0 Å². The first-order valence-corrected chi connectivity index (χ1v) is 4.81. The number of para-hydroxylation sites is 1. The number of halogens is 1. The molecule has 0 atom stereocenters. The van der Waals surface area contributed by atoms with Gasteiger partial charge in [-0.05, 0) is 28.1 Å². The van der Waals surface area contributed by atoms with Crippen LogP contribution in [0.5, 0.6) is 0 Å². The lowest BCUT2D eigenvalue weighted by Gasteiger charge is -1.99. The minimum Gasteiger partial charge on any atom is -0.306 e. The summed E-state index contributed by atoms with van der Waals surface area (Å²) in [5.74, 6) is 0.466. The molecule has 3 nitrogen and oxygen atoms in total. The fraction of sp³-hybridized carbons (Fsp3) is 0. The second-order valence-electron chi connectivity index (χ2n) is 2.84. The van der Waals surface area contributed by atoms with E-state index in [0.29, 0.717) is 21.2 Å². The normalized spacial score (nSPS) is 10.4. The van der Waals surface area contributed by atoms with Crippen LogP contribution in [0.2, 0.25) is 0 Å². The van der Waals surface area contributed by atoms with Gasteiger partial charge in [-0.1, -0.05) is 18.7 Å². The molecule has 0 aliphatic heterocycles. The van der Waals surface area contributed by atoms with Gasteiger partial charge in [0.15, 0.2) is 0 Å². The number of benzene rings is 1. The van der Waals surface area contributed by atoms with E-state index in [2.05, 4.69) is 32.5 Å². The van der Waals surface area contributed by atoms with Crippen LogP contribution >= 0.6 is 15.9 Å². The molecule has 0 bridgehead atoms. The Morgan fingerprint density at radius 3 is 2.86 bits per heavy atom. The predicted molar refractivity (Wildman–Crippen MR) is 60.3 cm³/mol. The summed E-state index contributed by atoms with van der Waals surface area (Å²) < 4.78 is 0.570. The number of hydrogen-bond acceptors (Lipinski definition) is 2. The van der Waals surface area contributed by atoms with Gasteiger partial charge in [0, 0.05) is 0 Å². The van der Waals surface area contributed by atoms with Gasteiger partial charge in [-0.2, -0.15) is 0 Å². The Balaban J connectivity index is 2.86. The Morgan fingerprint density at radius 2 is 2.14 bits per heavy atom. The number of aromatic amines is 1. The third-order valence-electron chi connectivity index (χ3n) is 1.87. The average Bonchev–Trinajstić information content (AvgIpc) is 2.17. The van der Waals surface area contributed by atoms with Crippen LogP contribution in [0.15, 0.2) is 35.6 Å². The largest absolute Gasteiger partial charge is 0.306 e. The molecule has 4 heteroatoms. The maximum atomic E-state index is 11.5. The molecule has 0 aliphatic rings. The van der Waals surface area contributed by atoms with Crippen molar-refractivity contribution in [2.75, 3.05) is 0 Å². The summed E-state index contributed by atoms with van der Waals surface area (Å²) in [7, 11) is 0. The van der Waals surface area contributed by atoms with Crippen molar-refractivity contribution in [2.45, 2.75) is 0 Å². The number of fused-ring (bicyclic) bond motifs is 1. The van der Waals surface area contributed by atoms with Crippen molar-refractivity contribution in [2.24, 2.45) is 0 Å². The fourth-order valence-corrected chi connectivity index (χ4v) is 1.40. The third-order valence-corrected chi connectivity index (χ3v) is 2.25. The van der Waals surface area contributed by atoms with Crippen LogP contribution in [0.25, 0.3) is 15.4 Å². The molecule has 1 aromatic heterocycles. The van der Waals surface area contributed by atoms with E-state index in [4.69, 9.17) is 0 Å². The Bertz CT molecular complexity index is 559. The van der Waals surface area contributed by atoms with Crippen LogP contribution in [0.4, 0.5) is 0 Å². The molecule has 1 N–H and O–H groups in total. The number of rotatable bonds is 1. The van der Waals surface area contributed by atoms with E-state index in [1.165, 1.54) is 0 Å². The molecule has 14 heavy (non-hydrogen) atoms. The summed E-state index contributed by atoms with van der Waals surface area (Å²) in [5, 5.41) is 0.588. The van der Waals surface area contributed by atoms with E-state index < -0.39 is 0 Å². The summed E-state index contributed by atoms with van der Waals surface area (Å²) >= 11 is 3.18. The van der Waals surface area contributed by atoms with E-state index in [9.17, 15) is 4.79 Å². The summed E-state index contributed by atoms with van der Waals surface area (Å²) in [5.41, 5.74) is 0.526. The monoisotopic (exact) mass is 250 g/mol. The first kappa shape index (κ1) is 9.15.